The molecule has 4 heteroatoms. The van der Waals surface area contributed by atoms with Crippen molar-refractivity contribution < 1.29 is 0 Å². The molecular weight excluding hydrogens is 243 g/mol. The van der Waals surface area contributed by atoms with E-state index in [9.17, 15) is 0 Å². The maximum absolute atomic E-state index is 6.13. The zero-order chi connectivity index (χ0) is 11.5. The molecule has 2 nitrogen and oxygen atoms in total. The van der Waals surface area contributed by atoms with E-state index in [4.69, 9.17) is 23.2 Å². The monoisotopic (exact) mass is 258 g/mol. The molecule has 0 aliphatic carbocycles. The van der Waals surface area contributed by atoms with Gasteiger partial charge >= 0.3 is 0 Å². The van der Waals surface area contributed by atoms with Gasteiger partial charge in [0.15, 0.2) is 0 Å². The second-order valence-corrected chi connectivity index (χ2v) is 5.19. The Labute approximate surface area is 107 Å². The molecule has 1 atom stereocenters. The molecule has 2 heterocycles. The minimum absolute atomic E-state index is 0.460. The summed E-state index contributed by atoms with van der Waals surface area (Å²) in [5.74, 6) is 0.846. The van der Waals surface area contributed by atoms with Gasteiger partial charge in [-0.05, 0) is 24.9 Å². The molecule has 88 valence electrons. The van der Waals surface area contributed by atoms with Gasteiger partial charge < -0.3 is 0 Å². The Morgan fingerprint density at radius 3 is 2.94 bits per heavy atom. The molecule has 1 saturated heterocycles. The van der Waals surface area contributed by atoms with Gasteiger partial charge in [0, 0.05) is 29.9 Å². The third kappa shape index (κ3) is 2.88. The largest absolute Gasteiger partial charge is 0.299 e. The summed E-state index contributed by atoms with van der Waals surface area (Å²) >= 11 is 11.9. The lowest BCUT2D eigenvalue weighted by Crippen LogP contribution is -2.20. The van der Waals surface area contributed by atoms with E-state index in [-0.39, 0.29) is 0 Å². The van der Waals surface area contributed by atoms with Gasteiger partial charge in [-0.25, -0.2) is 4.98 Å². The van der Waals surface area contributed by atoms with Crippen LogP contribution in [0.5, 0.6) is 0 Å². The Morgan fingerprint density at radius 2 is 2.31 bits per heavy atom. The van der Waals surface area contributed by atoms with Crippen LogP contribution >= 0.6 is 23.2 Å². The fourth-order valence-corrected chi connectivity index (χ4v) is 2.61. The molecular formula is C12H16Cl2N2. The number of aromatic nitrogens is 1. The van der Waals surface area contributed by atoms with Crippen LogP contribution in [0.4, 0.5) is 0 Å². The van der Waals surface area contributed by atoms with Crippen LogP contribution in [0.1, 0.15) is 25.3 Å². The van der Waals surface area contributed by atoms with Gasteiger partial charge in [-0.1, -0.05) is 36.5 Å². The van der Waals surface area contributed by atoms with Crippen molar-refractivity contribution in [3.8, 4) is 0 Å². The van der Waals surface area contributed by atoms with Crippen LogP contribution in [-0.4, -0.2) is 23.0 Å². The summed E-state index contributed by atoms with van der Waals surface area (Å²) in [6.07, 6.45) is 4.35. The van der Waals surface area contributed by atoms with Crippen LogP contribution in [0.25, 0.3) is 0 Å². The lowest BCUT2D eigenvalue weighted by molar-refractivity contribution is 0.315. The Balaban J connectivity index is 1.99. The summed E-state index contributed by atoms with van der Waals surface area (Å²) in [5.41, 5.74) is 1.07. The van der Waals surface area contributed by atoms with E-state index in [0.29, 0.717) is 5.15 Å². The second-order valence-electron chi connectivity index (χ2n) is 4.40. The highest BCUT2D eigenvalue weighted by molar-refractivity contribution is 6.34. The molecule has 0 bridgehead atoms. The first kappa shape index (κ1) is 12.2. The molecule has 0 spiro atoms. The van der Waals surface area contributed by atoms with Crippen molar-refractivity contribution in [2.24, 2.45) is 5.92 Å². The number of nitrogens with zero attached hydrogens (tertiary/aromatic N) is 2. The Kier molecular flexibility index (Phi) is 4.06. The fraction of sp³-hybridized carbons (Fsp3) is 0.583. The van der Waals surface area contributed by atoms with Crippen molar-refractivity contribution in [2.45, 2.75) is 26.3 Å². The van der Waals surface area contributed by atoms with Crippen molar-refractivity contribution in [2.75, 3.05) is 13.1 Å². The molecule has 1 fully saturated rings. The van der Waals surface area contributed by atoms with Crippen molar-refractivity contribution in [1.29, 1.82) is 0 Å². The number of hydrogen-bond donors (Lipinski definition) is 0. The molecule has 0 aromatic carbocycles. The van der Waals surface area contributed by atoms with E-state index in [1.54, 1.807) is 12.3 Å². The Hall–Kier alpha value is -0.310. The van der Waals surface area contributed by atoms with Gasteiger partial charge in [-0.15, -0.1) is 0 Å². The highest BCUT2D eigenvalue weighted by atomic mass is 35.5. The van der Waals surface area contributed by atoms with Gasteiger partial charge in [-0.2, -0.15) is 0 Å². The van der Waals surface area contributed by atoms with Gasteiger partial charge in [0.05, 0.1) is 0 Å². The smallest absolute Gasteiger partial charge is 0.130 e. The van der Waals surface area contributed by atoms with E-state index in [0.717, 1.165) is 29.6 Å². The SMILES string of the molecule is CCC1CCN(Cc2cnc(Cl)cc2Cl)C1. The quantitative estimate of drug-likeness (QED) is 0.771. The van der Waals surface area contributed by atoms with Gasteiger partial charge in [0.2, 0.25) is 0 Å². The molecule has 0 N–H and O–H groups in total. The summed E-state index contributed by atoms with van der Waals surface area (Å²) in [6.45, 7) is 5.48. The number of likely N-dealkylation sites (tertiary alicyclic amines) is 1. The Bertz CT molecular complexity index is 368. The van der Waals surface area contributed by atoms with E-state index >= 15 is 0 Å². The molecule has 1 aromatic rings. The maximum Gasteiger partial charge on any atom is 0.130 e. The maximum atomic E-state index is 6.13. The van der Waals surface area contributed by atoms with Gasteiger partial charge in [0.25, 0.3) is 0 Å². The van der Waals surface area contributed by atoms with E-state index < -0.39 is 0 Å². The highest BCUT2D eigenvalue weighted by Gasteiger charge is 2.21. The predicted molar refractivity (Wildman–Crippen MR) is 67.9 cm³/mol. The minimum Gasteiger partial charge on any atom is -0.299 e. The van der Waals surface area contributed by atoms with Crippen LogP contribution in [-0.2, 0) is 6.54 Å². The average Bonchev–Trinajstić information content (AvgIpc) is 2.70. The van der Waals surface area contributed by atoms with Gasteiger partial charge in [-0.3, -0.25) is 4.90 Å². The topological polar surface area (TPSA) is 16.1 Å². The van der Waals surface area contributed by atoms with E-state index in [2.05, 4.69) is 16.8 Å². The van der Waals surface area contributed by atoms with Crippen LogP contribution in [0.2, 0.25) is 10.2 Å². The van der Waals surface area contributed by atoms with E-state index in [1.807, 2.05) is 0 Å². The van der Waals surface area contributed by atoms with Crippen molar-refractivity contribution >= 4 is 23.2 Å². The predicted octanol–water partition coefficient (Wildman–Crippen LogP) is 3.62. The Morgan fingerprint density at radius 1 is 1.50 bits per heavy atom. The lowest BCUT2D eigenvalue weighted by atomic mass is 10.1. The first-order valence-electron chi connectivity index (χ1n) is 5.71. The van der Waals surface area contributed by atoms with Gasteiger partial charge in [0.1, 0.15) is 5.15 Å². The van der Waals surface area contributed by atoms with Crippen LogP contribution < -0.4 is 0 Å². The normalized spacial score (nSPS) is 21.6. The fourth-order valence-electron chi connectivity index (χ4n) is 2.18. The molecule has 2 rings (SSSR count). The van der Waals surface area contributed by atoms with Crippen LogP contribution in [0, 0.1) is 5.92 Å². The standard InChI is InChI=1S/C12H16Cl2N2/c1-2-9-3-4-16(7-9)8-10-6-15-12(14)5-11(10)13/h5-6,9H,2-4,7-8H2,1H3. The number of pyridine rings is 1. The molecule has 1 unspecified atom stereocenters. The summed E-state index contributed by atoms with van der Waals surface area (Å²) in [5, 5.41) is 1.18. The molecule has 16 heavy (non-hydrogen) atoms. The minimum atomic E-state index is 0.460. The van der Waals surface area contributed by atoms with Crippen LogP contribution in [0.3, 0.4) is 0 Å². The molecule has 0 saturated carbocycles. The summed E-state index contributed by atoms with van der Waals surface area (Å²) in [6, 6.07) is 1.71. The van der Waals surface area contributed by atoms with Crippen molar-refractivity contribution in [3.05, 3.63) is 28.0 Å². The van der Waals surface area contributed by atoms with Crippen LogP contribution in [0.15, 0.2) is 12.3 Å². The lowest BCUT2D eigenvalue weighted by Gasteiger charge is -2.16. The second kappa shape index (κ2) is 5.35. The number of halogens is 2. The number of hydrogen-bond acceptors (Lipinski definition) is 2. The van der Waals surface area contributed by atoms with E-state index in [1.165, 1.54) is 19.4 Å². The molecule has 1 aliphatic rings. The highest BCUT2D eigenvalue weighted by Crippen LogP contribution is 2.24. The molecule has 1 aliphatic heterocycles. The third-order valence-electron chi connectivity index (χ3n) is 3.24. The first-order chi connectivity index (χ1) is 7.69. The summed E-state index contributed by atoms with van der Waals surface area (Å²) < 4.78 is 0. The zero-order valence-corrected chi connectivity index (χ0v) is 10.9. The summed E-state index contributed by atoms with van der Waals surface area (Å²) in [4.78, 5) is 6.51. The number of rotatable bonds is 3. The third-order valence-corrected chi connectivity index (χ3v) is 3.80. The van der Waals surface area contributed by atoms with Crippen molar-refractivity contribution in [1.82, 2.24) is 9.88 Å². The molecule has 1 aromatic heterocycles. The molecule has 0 radical (unpaired) electrons. The molecule has 0 amide bonds. The van der Waals surface area contributed by atoms with Crippen molar-refractivity contribution in [3.63, 3.8) is 0 Å². The summed E-state index contributed by atoms with van der Waals surface area (Å²) in [7, 11) is 0. The zero-order valence-electron chi connectivity index (χ0n) is 9.42. The average molecular weight is 259 g/mol. The first-order valence-corrected chi connectivity index (χ1v) is 6.47.